The lowest BCUT2D eigenvalue weighted by atomic mass is 10.1. The van der Waals surface area contributed by atoms with E-state index in [0.717, 1.165) is 13.0 Å². The number of halogens is 2. The van der Waals surface area contributed by atoms with Crippen molar-refractivity contribution >= 4 is 45.0 Å². The lowest BCUT2D eigenvalue weighted by molar-refractivity contribution is 0.0985. The van der Waals surface area contributed by atoms with Crippen molar-refractivity contribution in [2.45, 2.75) is 20.3 Å². The molecule has 9 heteroatoms. The summed E-state index contributed by atoms with van der Waals surface area (Å²) in [6, 6.07) is 10.0. The van der Waals surface area contributed by atoms with Crippen molar-refractivity contribution in [1.82, 2.24) is 9.88 Å². The van der Waals surface area contributed by atoms with Crippen LogP contribution in [0.2, 0.25) is 0 Å². The summed E-state index contributed by atoms with van der Waals surface area (Å²) in [6.07, 6.45) is 0.756. The first-order valence-corrected chi connectivity index (χ1v) is 11.2. The monoisotopic (exact) mass is 481 g/mol. The van der Waals surface area contributed by atoms with Gasteiger partial charge in [0, 0.05) is 12.1 Å². The molecule has 0 N–H and O–H groups in total. The molecule has 0 aliphatic heterocycles. The number of thiazole rings is 1. The third-order valence-electron chi connectivity index (χ3n) is 4.61. The fourth-order valence-corrected chi connectivity index (χ4v) is 4.19. The molecule has 0 fully saturated rings. The summed E-state index contributed by atoms with van der Waals surface area (Å²) < 4.78 is 26.2. The highest BCUT2D eigenvalue weighted by Crippen LogP contribution is 2.33. The lowest BCUT2D eigenvalue weighted by Gasteiger charge is -2.21. The van der Waals surface area contributed by atoms with Crippen LogP contribution in [0.1, 0.15) is 30.6 Å². The molecule has 0 saturated carbocycles. The summed E-state index contributed by atoms with van der Waals surface area (Å²) in [5, 5.41) is 0.482. The molecule has 2 aromatic carbocycles. The van der Waals surface area contributed by atoms with Gasteiger partial charge in [0.05, 0.1) is 17.9 Å². The normalized spacial score (nSPS) is 10.8. The molecule has 3 rings (SSSR count). The largest absolute Gasteiger partial charge is 0.490 e. The minimum atomic E-state index is -0.389. The van der Waals surface area contributed by atoms with E-state index in [1.165, 1.54) is 17.4 Å². The number of nitrogens with zero attached hydrogens (tertiary/aromatic N) is 3. The van der Waals surface area contributed by atoms with Crippen molar-refractivity contribution in [3.05, 3.63) is 47.8 Å². The topological polar surface area (TPSA) is 54.9 Å². The van der Waals surface area contributed by atoms with Gasteiger partial charge in [-0.3, -0.25) is 9.69 Å². The number of para-hydroxylation sites is 1. The molecule has 6 nitrogen and oxygen atoms in total. The van der Waals surface area contributed by atoms with Gasteiger partial charge in [-0.1, -0.05) is 17.4 Å². The Hall–Kier alpha value is -2.42. The Kier molecular flexibility index (Phi) is 9.68. The van der Waals surface area contributed by atoms with Crippen LogP contribution in [0, 0.1) is 5.82 Å². The third kappa shape index (κ3) is 6.09. The lowest BCUT2D eigenvalue weighted by Crippen LogP contribution is -2.33. The number of ether oxygens (including phenoxy) is 2. The summed E-state index contributed by atoms with van der Waals surface area (Å²) in [5.41, 5.74) is 0.756. The average molecular weight is 482 g/mol. The zero-order valence-corrected chi connectivity index (χ0v) is 20.4. The molecule has 1 aromatic heterocycles. The van der Waals surface area contributed by atoms with Crippen LogP contribution >= 0.6 is 23.7 Å². The van der Waals surface area contributed by atoms with Crippen LogP contribution in [0.4, 0.5) is 9.52 Å². The van der Waals surface area contributed by atoms with Crippen LogP contribution in [0.3, 0.4) is 0 Å². The van der Waals surface area contributed by atoms with Crippen molar-refractivity contribution in [1.29, 1.82) is 0 Å². The van der Waals surface area contributed by atoms with Gasteiger partial charge < -0.3 is 14.4 Å². The molecule has 1 amide bonds. The van der Waals surface area contributed by atoms with E-state index in [0.29, 0.717) is 46.7 Å². The molecule has 0 aliphatic carbocycles. The van der Waals surface area contributed by atoms with Gasteiger partial charge in [0.15, 0.2) is 16.6 Å². The quantitative estimate of drug-likeness (QED) is 0.395. The van der Waals surface area contributed by atoms with Gasteiger partial charge in [-0.25, -0.2) is 9.37 Å². The molecular weight excluding hydrogens is 453 g/mol. The van der Waals surface area contributed by atoms with E-state index in [4.69, 9.17) is 9.47 Å². The molecule has 32 heavy (non-hydrogen) atoms. The van der Waals surface area contributed by atoms with Crippen LogP contribution < -0.4 is 14.4 Å². The molecule has 1 heterocycles. The summed E-state index contributed by atoms with van der Waals surface area (Å²) in [6.45, 7) is 6.02. The Morgan fingerprint density at radius 2 is 1.78 bits per heavy atom. The third-order valence-corrected chi connectivity index (χ3v) is 5.66. The van der Waals surface area contributed by atoms with Crippen molar-refractivity contribution in [3.63, 3.8) is 0 Å². The number of aromatic nitrogens is 1. The first-order chi connectivity index (χ1) is 14.9. The second-order valence-corrected chi connectivity index (χ2v) is 8.23. The molecule has 0 aliphatic rings. The summed E-state index contributed by atoms with van der Waals surface area (Å²) in [5.74, 6) is 0.531. The number of hydrogen-bond donors (Lipinski definition) is 0. The Morgan fingerprint density at radius 1 is 1.06 bits per heavy atom. The highest BCUT2D eigenvalue weighted by atomic mass is 35.5. The van der Waals surface area contributed by atoms with E-state index in [-0.39, 0.29) is 29.6 Å². The molecule has 0 spiro atoms. The molecule has 0 atom stereocenters. The fraction of sp³-hybridized carbons (Fsp3) is 0.391. The molecule has 0 radical (unpaired) electrons. The number of carbonyl (C=O) groups is 1. The Bertz CT molecular complexity index is 1040. The SMILES string of the molecule is CCOc1ccc(C(=O)N(CCCN(C)C)c2nc3c(F)cccc3s2)cc1OCC.Cl. The van der Waals surface area contributed by atoms with Crippen molar-refractivity contribution in [2.75, 3.05) is 45.3 Å². The van der Waals surface area contributed by atoms with Crippen LogP contribution in [0.15, 0.2) is 36.4 Å². The van der Waals surface area contributed by atoms with E-state index >= 15 is 0 Å². The zero-order chi connectivity index (χ0) is 22.4. The Labute approximate surface area is 198 Å². The maximum atomic E-state index is 14.2. The van der Waals surface area contributed by atoms with Crippen LogP contribution in [-0.2, 0) is 0 Å². The van der Waals surface area contributed by atoms with Crippen LogP contribution in [0.25, 0.3) is 10.2 Å². The van der Waals surface area contributed by atoms with Gasteiger partial charge in [-0.2, -0.15) is 0 Å². The fourth-order valence-electron chi connectivity index (χ4n) is 3.19. The van der Waals surface area contributed by atoms with Gasteiger partial charge in [-0.15, -0.1) is 12.4 Å². The molecule has 0 unspecified atom stereocenters. The number of rotatable bonds is 10. The molecule has 0 bridgehead atoms. The predicted octanol–water partition coefficient (Wildman–Crippen LogP) is 5.25. The maximum absolute atomic E-state index is 14.2. The zero-order valence-electron chi connectivity index (χ0n) is 18.8. The van der Waals surface area contributed by atoms with Crippen LogP contribution in [0.5, 0.6) is 11.5 Å². The number of hydrogen-bond acceptors (Lipinski definition) is 6. The highest BCUT2D eigenvalue weighted by Gasteiger charge is 2.23. The van der Waals surface area contributed by atoms with Crippen LogP contribution in [-0.4, -0.2) is 56.2 Å². The molecule has 0 saturated heterocycles. The van der Waals surface area contributed by atoms with Gasteiger partial charge in [0.2, 0.25) is 0 Å². The second-order valence-electron chi connectivity index (χ2n) is 7.22. The summed E-state index contributed by atoms with van der Waals surface area (Å²) >= 11 is 1.31. The number of carbonyl (C=O) groups excluding carboxylic acids is 1. The smallest absolute Gasteiger partial charge is 0.260 e. The minimum Gasteiger partial charge on any atom is -0.490 e. The van der Waals surface area contributed by atoms with Crippen molar-refractivity contribution in [3.8, 4) is 11.5 Å². The maximum Gasteiger partial charge on any atom is 0.260 e. The van der Waals surface area contributed by atoms with Crippen molar-refractivity contribution in [2.24, 2.45) is 0 Å². The number of fused-ring (bicyclic) bond motifs is 1. The standard InChI is InChI=1S/C23H28FN3O3S.ClH/c1-5-29-18-12-11-16(15-19(18)30-6-2)22(28)27(14-8-13-26(3)4)23-25-21-17(24)9-7-10-20(21)31-23;/h7,9-12,15H,5-6,8,13-14H2,1-4H3;1H. The van der Waals surface area contributed by atoms with Gasteiger partial charge >= 0.3 is 0 Å². The molecule has 3 aromatic rings. The first kappa shape index (κ1) is 25.8. The second kappa shape index (κ2) is 12.0. The van der Waals surface area contributed by atoms with E-state index in [2.05, 4.69) is 9.88 Å². The Morgan fingerprint density at radius 3 is 2.44 bits per heavy atom. The van der Waals surface area contributed by atoms with Gasteiger partial charge in [-0.05, 0) is 71.2 Å². The van der Waals surface area contributed by atoms with Crippen molar-refractivity contribution < 1.29 is 18.7 Å². The van der Waals surface area contributed by atoms with E-state index in [1.807, 2.05) is 34.0 Å². The average Bonchev–Trinajstić information content (AvgIpc) is 3.17. The first-order valence-electron chi connectivity index (χ1n) is 10.4. The number of amides is 1. The minimum absolute atomic E-state index is 0. The van der Waals surface area contributed by atoms with E-state index < -0.39 is 0 Å². The van der Waals surface area contributed by atoms with E-state index in [1.54, 1.807) is 29.2 Å². The predicted molar refractivity (Wildman–Crippen MR) is 130 cm³/mol. The van der Waals surface area contributed by atoms with E-state index in [9.17, 15) is 9.18 Å². The van der Waals surface area contributed by atoms with Gasteiger partial charge in [0.1, 0.15) is 11.3 Å². The van der Waals surface area contributed by atoms with Gasteiger partial charge in [0.25, 0.3) is 5.91 Å². The molecule has 174 valence electrons. The highest BCUT2D eigenvalue weighted by molar-refractivity contribution is 7.22. The Balaban J connectivity index is 0.00000363. The summed E-state index contributed by atoms with van der Waals surface area (Å²) in [4.78, 5) is 21.6. The number of anilines is 1. The molecular formula is C23H29ClFN3O3S. The summed E-state index contributed by atoms with van der Waals surface area (Å²) in [7, 11) is 3.97. The number of benzene rings is 2.